The molecular formula is C9H7ClF4O. The van der Waals surface area contributed by atoms with Gasteiger partial charge in [-0.3, -0.25) is 0 Å². The molecule has 1 unspecified atom stereocenters. The summed E-state index contributed by atoms with van der Waals surface area (Å²) in [6.45, 7) is 0. The third kappa shape index (κ3) is 2.82. The highest BCUT2D eigenvalue weighted by Crippen LogP contribution is 2.35. The summed E-state index contributed by atoms with van der Waals surface area (Å²) in [5, 5.41) is 9.20. The van der Waals surface area contributed by atoms with Crippen molar-refractivity contribution >= 4 is 11.6 Å². The molecule has 0 aliphatic heterocycles. The van der Waals surface area contributed by atoms with E-state index in [2.05, 4.69) is 0 Å². The molecule has 0 aliphatic carbocycles. The van der Waals surface area contributed by atoms with Gasteiger partial charge in [-0.2, -0.15) is 13.2 Å². The molecule has 0 fully saturated rings. The van der Waals surface area contributed by atoms with Gasteiger partial charge in [-0.25, -0.2) is 4.39 Å². The highest BCUT2D eigenvalue weighted by molar-refractivity contribution is 6.18. The number of alkyl halides is 4. The topological polar surface area (TPSA) is 20.2 Å². The van der Waals surface area contributed by atoms with Crippen molar-refractivity contribution < 1.29 is 22.7 Å². The highest BCUT2D eigenvalue weighted by Gasteiger charge is 2.34. The Hall–Kier alpha value is -0.810. The van der Waals surface area contributed by atoms with Crippen LogP contribution in [0, 0.1) is 5.82 Å². The fourth-order valence-electron chi connectivity index (χ4n) is 1.15. The van der Waals surface area contributed by atoms with Gasteiger partial charge >= 0.3 is 6.18 Å². The molecule has 6 heteroatoms. The zero-order valence-corrected chi connectivity index (χ0v) is 8.11. The molecule has 1 aromatic rings. The van der Waals surface area contributed by atoms with Gasteiger partial charge < -0.3 is 5.11 Å². The quantitative estimate of drug-likeness (QED) is 0.624. The van der Waals surface area contributed by atoms with Crippen molar-refractivity contribution in [1.29, 1.82) is 0 Å². The van der Waals surface area contributed by atoms with Gasteiger partial charge in [0.15, 0.2) is 0 Å². The van der Waals surface area contributed by atoms with Crippen molar-refractivity contribution in [3.63, 3.8) is 0 Å². The fourth-order valence-corrected chi connectivity index (χ4v) is 1.32. The van der Waals surface area contributed by atoms with E-state index in [0.717, 1.165) is 0 Å². The summed E-state index contributed by atoms with van der Waals surface area (Å²) in [6.07, 6.45) is -6.16. The Morgan fingerprint density at radius 1 is 1.33 bits per heavy atom. The van der Waals surface area contributed by atoms with Crippen LogP contribution >= 0.6 is 11.6 Å². The molecule has 1 N–H and O–H groups in total. The summed E-state index contributed by atoms with van der Waals surface area (Å²) >= 11 is 5.22. The Kier molecular flexibility index (Phi) is 3.57. The van der Waals surface area contributed by atoms with Crippen LogP contribution in [0.4, 0.5) is 17.6 Å². The van der Waals surface area contributed by atoms with Crippen molar-refractivity contribution in [1.82, 2.24) is 0 Å². The first kappa shape index (κ1) is 12.3. The van der Waals surface area contributed by atoms with E-state index in [9.17, 15) is 22.7 Å². The van der Waals surface area contributed by atoms with Crippen LogP contribution in [0.3, 0.4) is 0 Å². The first-order valence-corrected chi connectivity index (χ1v) is 4.50. The molecule has 0 amide bonds. The van der Waals surface area contributed by atoms with Gasteiger partial charge in [0.2, 0.25) is 0 Å². The van der Waals surface area contributed by atoms with E-state index in [0.29, 0.717) is 18.2 Å². The van der Waals surface area contributed by atoms with Crippen molar-refractivity contribution in [3.05, 3.63) is 35.1 Å². The van der Waals surface area contributed by atoms with E-state index >= 15 is 0 Å². The molecule has 1 aromatic carbocycles. The van der Waals surface area contributed by atoms with Crippen molar-refractivity contribution in [2.24, 2.45) is 0 Å². The molecule has 84 valence electrons. The number of rotatable bonds is 2. The van der Waals surface area contributed by atoms with Crippen LogP contribution in [-0.4, -0.2) is 11.0 Å². The molecule has 0 bridgehead atoms. The summed E-state index contributed by atoms with van der Waals surface area (Å²) in [5.74, 6) is -1.27. The Labute approximate surface area is 88.3 Å². The minimum atomic E-state index is -4.63. The van der Waals surface area contributed by atoms with Crippen LogP contribution in [-0.2, 0) is 6.18 Å². The second-order valence-corrected chi connectivity index (χ2v) is 3.21. The van der Waals surface area contributed by atoms with E-state index in [1.165, 1.54) is 0 Å². The maximum atomic E-state index is 12.7. The Morgan fingerprint density at radius 2 is 1.93 bits per heavy atom. The lowest BCUT2D eigenvalue weighted by molar-refractivity contribution is -0.139. The van der Waals surface area contributed by atoms with E-state index in [1.807, 2.05) is 0 Å². The summed E-state index contributed by atoms with van der Waals surface area (Å²) in [6, 6.07) is 1.91. The second kappa shape index (κ2) is 4.37. The number of hydrogen-bond donors (Lipinski definition) is 1. The standard InChI is InChI=1S/C9H7ClF4O/c10-4-8(15)6-3-5(11)1-2-7(6)9(12,13)14/h1-3,8,15H,4H2. The molecule has 0 aromatic heterocycles. The SMILES string of the molecule is OC(CCl)c1cc(F)ccc1C(F)(F)F. The first-order chi connectivity index (χ1) is 6.86. The third-order valence-corrected chi connectivity index (χ3v) is 2.12. The number of benzene rings is 1. The predicted octanol–water partition coefficient (Wildman–Crippen LogP) is 3.12. The van der Waals surface area contributed by atoms with Crippen molar-refractivity contribution in [3.8, 4) is 0 Å². The summed E-state index contributed by atoms with van der Waals surface area (Å²) in [5.41, 5.74) is -1.62. The molecule has 0 saturated heterocycles. The van der Waals surface area contributed by atoms with E-state index in [-0.39, 0.29) is 0 Å². The fraction of sp³-hybridized carbons (Fsp3) is 0.333. The molecule has 1 rings (SSSR count). The number of aliphatic hydroxyl groups is 1. The normalized spacial score (nSPS) is 14.0. The molecule has 1 atom stereocenters. The van der Waals surface area contributed by atoms with Crippen LogP contribution in [0.5, 0.6) is 0 Å². The largest absolute Gasteiger partial charge is 0.416 e. The van der Waals surface area contributed by atoms with E-state index < -0.39 is 35.1 Å². The highest BCUT2D eigenvalue weighted by atomic mass is 35.5. The van der Waals surface area contributed by atoms with E-state index in [1.54, 1.807) is 0 Å². The molecule has 1 nitrogen and oxygen atoms in total. The Balaban J connectivity index is 3.27. The van der Waals surface area contributed by atoms with Crippen LogP contribution in [0.2, 0.25) is 0 Å². The summed E-state index contributed by atoms with van der Waals surface area (Å²) in [4.78, 5) is 0. The molecule has 15 heavy (non-hydrogen) atoms. The molecule has 0 radical (unpaired) electrons. The smallest absolute Gasteiger partial charge is 0.387 e. The molecule has 0 saturated carbocycles. The lowest BCUT2D eigenvalue weighted by Crippen LogP contribution is -2.13. The number of hydrogen-bond acceptors (Lipinski definition) is 1. The van der Waals surface area contributed by atoms with Gasteiger partial charge in [0.1, 0.15) is 5.82 Å². The van der Waals surface area contributed by atoms with Gasteiger partial charge in [0.25, 0.3) is 0 Å². The maximum Gasteiger partial charge on any atom is 0.416 e. The maximum absolute atomic E-state index is 12.7. The van der Waals surface area contributed by atoms with Crippen LogP contribution in [0.25, 0.3) is 0 Å². The second-order valence-electron chi connectivity index (χ2n) is 2.90. The molecule has 0 spiro atoms. The lowest BCUT2D eigenvalue weighted by atomic mass is 10.0. The van der Waals surface area contributed by atoms with E-state index in [4.69, 9.17) is 11.6 Å². The molecule has 0 heterocycles. The average Bonchev–Trinajstić information content (AvgIpc) is 2.14. The Morgan fingerprint density at radius 3 is 2.40 bits per heavy atom. The van der Waals surface area contributed by atoms with Gasteiger partial charge in [-0.1, -0.05) is 0 Å². The van der Waals surface area contributed by atoms with Gasteiger partial charge in [0.05, 0.1) is 17.5 Å². The van der Waals surface area contributed by atoms with Crippen LogP contribution < -0.4 is 0 Å². The monoisotopic (exact) mass is 242 g/mol. The molecule has 0 aliphatic rings. The zero-order chi connectivity index (χ0) is 11.6. The van der Waals surface area contributed by atoms with Crippen molar-refractivity contribution in [2.45, 2.75) is 12.3 Å². The van der Waals surface area contributed by atoms with Gasteiger partial charge in [-0.05, 0) is 23.8 Å². The first-order valence-electron chi connectivity index (χ1n) is 3.97. The zero-order valence-electron chi connectivity index (χ0n) is 7.35. The molecular weight excluding hydrogens is 236 g/mol. The van der Waals surface area contributed by atoms with Gasteiger partial charge in [-0.15, -0.1) is 11.6 Å². The predicted molar refractivity (Wildman–Crippen MR) is 47.1 cm³/mol. The Bertz CT molecular complexity index is 350. The van der Waals surface area contributed by atoms with Gasteiger partial charge in [0, 0.05) is 0 Å². The minimum Gasteiger partial charge on any atom is -0.387 e. The summed E-state index contributed by atoms with van der Waals surface area (Å²) < 4.78 is 49.9. The van der Waals surface area contributed by atoms with Crippen LogP contribution in [0.1, 0.15) is 17.2 Å². The van der Waals surface area contributed by atoms with Crippen LogP contribution in [0.15, 0.2) is 18.2 Å². The number of aliphatic hydroxyl groups excluding tert-OH is 1. The third-order valence-electron chi connectivity index (χ3n) is 1.82. The summed E-state index contributed by atoms with van der Waals surface area (Å²) in [7, 11) is 0. The average molecular weight is 243 g/mol. The lowest BCUT2D eigenvalue weighted by Gasteiger charge is -2.15. The number of halogens is 5. The van der Waals surface area contributed by atoms with Crippen molar-refractivity contribution in [2.75, 3.05) is 5.88 Å². The minimum absolute atomic E-state index is 0.424.